The second kappa shape index (κ2) is 7.61. The van der Waals surface area contributed by atoms with E-state index >= 15 is 0 Å². The molecule has 2 heterocycles. The molecular weight excluding hydrogens is 314 g/mol. The molecule has 6 heteroatoms. The van der Waals surface area contributed by atoms with Gasteiger partial charge in [0.05, 0.1) is 12.6 Å². The first kappa shape index (κ1) is 16.7. The minimum absolute atomic E-state index is 0.0255. The molecule has 0 unspecified atom stereocenters. The van der Waals surface area contributed by atoms with Crippen molar-refractivity contribution in [3.05, 3.63) is 66.6 Å². The van der Waals surface area contributed by atoms with Crippen LogP contribution in [0.5, 0.6) is 5.88 Å². The lowest BCUT2D eigenvalue weighted by Gasteiger charge is -2.24. The monoisotopic (exact) mass is 335 g/mol. The highest BCUT2D eigenvalue weighted by Crippen LogP contribution is 2.33. The van der Waals surface area contributed by atoms with Crippen molar-refractivity contribution in [3.8, 4) is 5.88 Å². The van der Waals surface area contributed by atoms with Gasteiger partial charge >= 0.3 is 0 Å². The number of aromatic nitrogens is 3. The lowest BCUT2D eigenvalue weighted by Crippen LogP contribution is -2.21. The number of nitrogens with two attached hydrogens (primary N) is 1. The molecule has 0 radical (unpaired) electrons. The van der Waals surface area contributed by atoms with Gasteiger partial charge in [-0.15, -0.1) is 0 Å². The highest BCUT2D eigenvalue weighted by atomic mass is 16.5. The number of rotatable bonds is 6. The van der Waals surface area contributed by atoms with Crippen molar-refractivity contribution in [3.63, 3.8) is 0 Å². The van der Waals surface area contributed by atoms with Crippen LogP contribution in [-0.2, 0) is 6.54 Å². The minimum atomic E-state index is -0.0255. The number of hydrogen-bond acceptors (Lipinski definition) is 6. The third-order valence-electron chi connectivity index (χ3n) is 3.54. The average molecular weight is 335 g/mol. The SMILES string of the molecule is CC(C)Oc1ncnc(N(Cc2ccccc2)c2ccccn2)c1N. The highest BCUT2D eigenvalue weighted by Gasteiger charge is 2.19. The van der Waals surface area contributed by atoms with Crippen molar-refractivity contribution in [2.45, 2.75) is 26.5 Å². The summed E-state index contributed by atoms with van der Waals surface area (Å²) in [6, 6.07) is 15.8. The average Bonchev–Trinajstić information content (AvgIpc) is 2.63. The molecule has 128 valence electrons. The molecule has 0 aliphatic heterocycles. The molecular formula is C19H21N5O. The summed E-state index contributed by atoms with van der Waals surface area (Å²) >= 11 is 0. The van der Waals surface area contributed by atoms with Crippen LogP contribution in [0.4, 0.5) is 17.3 Å². The predicted octanol–water partition coefficient (Wildman–Crippen LogP) is 3.58. The van der Waals surface area contributed by atoms with Gasteiger partial charge in [-0.05, 0) is 31.5 Å². The minimum Gasteiger partial charge on any atom is -0.473 e. The summed E-state index contributed by atoms with van der Waals surface area (Å²) in [5, 5.41) is 0. The smallest absolute Gasteiger partial charge is 0.242 e. The second-order valence-corrected chi connectivity index (χ2v) is 5.84. The van der Waals surface area contributed by atoms with E-state index in [1.165, 1.54) is 6.33 Å². The van der Waals surface area contributed by atoms with Gasteiger partial charge in [0.2, 0.25) is 5.88 Å². The van der Waals surface area contributed by atoms with Gasteiger partial charge in [0, 0.05) is 6.20 Å². The molecule has 0 saturated carbocycles. The molecule has 0 amide bonds. The van der Waals surface area contributed by atoms with Crippen LogP contribution in [0, 0.1) is 0 Å². The Morgan fingerprint density at radius 1 is 1.00 bits per heavy atom. The first-order valence-corrected chi connectivity index (χ1v) is 8.14. The van der Waals surface area contributed by atoms with Crippen molar-refractivity contribution in [2.75, 3.05) is 10.6 Å². The van der Waals surface area contributed by atoms with Gasteiger partial charge in [-0.1, -0.05) is 36.4 Å². The normalized spacial score (nSPS) is 10.7. The maximum atomic E-state index is 6.30. The Hall–Kier alpha value is -3.15. The van der Waals surface area contributed by atoms with Crippen LogP contribution < -0.4 is 15.4 Å². The summed E-state index contributed by atoms with van der Waals surface area (Å²) in [6.07, 6.45) is 3.18. The standard InChI is InChI=1S/C19H21N5O/c1-14(2)25-19-17(20)18(22-13-23-19)24(16-10-6-7-11-21-16)12-15-8-4-3-5-9-15/h3-11,13-14H,12,20H2,1-2H3. The molecule has 25 heavy (non-hydrogen) atoms. The van der Waals surface area contributed by atoms with E-state index in [4.69, 9.17) is 10.5 Å². The van der Waals surface area contributed by atoms with E-state index in [1.54, 1.807) is 6.20 Å². The van der Waals surface area contributed by atoms with Crippen molar-refractivity contribution in [1.82, 2.24) is 15.0 Å². The molecule has 2 aromatic heterocycles. The topological polar surface area (TPSA) is 77.2 Å². The summed E-state index contributed by atoms with van der Waals surface area (Å²) < 4.78 is 5.70. The van der Waals surface area contributed by atoms with E-state index in [2.05, 4.69) is 27.1 Å². The number of nitrogens with zero attached hydrogens (tertiary/aromatic N) is 4. The first-order chi connectivity index (χ1) is 12.1. The maximum absolute atomic E-state index is 6.30. The molecule has 3 rings (SSSR count). The van der Waals surface area contributed by atoms with Crippen LogP contribution in [0.3, 0.4) is 0 Å². The number of anilines is 3. The van der Waals surface area contributed by atoms with Gasteiger partial charge in [-0.25, -0.2) is 9.97 Å². The lowest BCUT2D eigenvalue weighted by molar-refractivity contribution is 0.234. The predicted molar refractivity (Wildman–Crippen MR) is 98.7 cm³/mol. The molecule has 6 nitrogen and oxygen atoms in total. The van der Waals surface area contributed by atoms with Crippen molar-refractivity contribution >= 4 is 17.3 Å². The molecule has 3 aromatic rings. The van der Waals surface area contributed by atoms with Gasteiger partial charge in [0.15, 0.2) is 5.82 Å². The fourth-order valence-electron chi connectivity index (χ4n) is 2.45. The van der Waals surface area contributed by atoms with E-state index in [1.807, 2.05) is 55.1 Å². The molecule has 0 atom stereocenters. The summed E-state index contributed by atoms with van der Waals surface area (Å²) in [4.78, 5) is 15.0. The quantitative estimate of drug-likeness (QED) is 0.742. The zero-order chi connectivity index (χ0) is 17.6. The summed E-state index contributed by atoms with van der Waals surface area (Å²) in [6.45, 7) is 4.45. The summed E-state index contributed by atoms with van der Waals surface area (Å²) in [7, 11) is 0. The van der Waals surface area contributed by atoms with Gasteiger partial charge in [-0.3, -0.25) is 0 Å². The van der Waals surface area contributed by atoms with Crippen LogP contribution in [0.15, 0.2) is 61.1 Å². The highest BCUT2D eigenvalue weighted by molar-refractivity contribution is 5.73. The lowest BCUT2D eigenvalue weighted by atomic mass is 10.2. The number of hydrogen-bond donors (Lipinski definition) is 1. The Balaban J connectivity index is 2.03. The van der Waals surface area contributed by atoms with E-state index in [9.17, 15) is 0 Å². The molecule has 0 saturated heterocycles. The van der Waals surface area contributed by atoms with Gasteiger partial charge < -0.3 is 15.4 Å². The van der Waals surface area contributed by atoms with Gasteiger partial charge in [0.25, 0.3) is 0 Å². The number of pyridine rings is 1. The maximum Gasteiger partial charge on any atom is 0.242 e. The zero-order valence-electron chi connectivity index (χ0n) is 14.3. The molecule has 1 aromatic carbocycles. The zero-order valence-corrected chi connectivity index (χ0v) is 14.3. The Kier molecular flexibility index (Phi) is 5.09. The Bertz CT molecular complexity index is 809. The van der Waals surface area contributed by atoms with Crippen LogP contribution in [0.1, 0.15) is 19.4 Å². The van der Waals surface area contributed by atoms with Gasteiger partial charge in [-0.2, -0.15) is 4.98 Å². The van der Waals surface area contributed by atoms with E-state index in [0.29, 0.717) is 23.9 Å². The Labute approximate surface area is 147 Å². The van der Waals surface area contributed by atoms with Crippen LogP contribution in [0.25, 0.3) is 0 Å². The fraction of sp³-hybridized carbons (Fsp3) is 0.211. The molecule has 0 aliphatic carbocycles. The largest absolute Gasteiger partial charge is 0.473 e. The van der Waals surface area contributed by atoms with Gasteiger partial charge in [0.1, 0.15) is 17.8 Å². The molecule has 0 fully saturated rings. The third kappa shape index (κ3) is 4.03. The van der Waals surface area contributed by atoms with Crippen LogP contribution in [0.2, 0.25) is 0 Å². The second-order valence-electron chi connectivity index (χ2n) is 5.84. The number of ether oxygens (including phenoxy) is 1. The fourth-order valence-corrected chi connectivity index (χ4v) is 2.45. The first-order valence-electron chi connectivity index (χ1n) is 8.14. The van der Waals surface area contributed by atoms with E-state index < -0.39 is 0 Å². The summed E-state index contributed by atoms with van der Waals surface area (Å²) in [5.41, 5.74) is 7.83. The Morgan fingerprint density at radius 3 is 2.44 bits per heavy atom. The number of nitrogen functional groups attached to an aromatic ring is 1. The van der Waals surface area contributed by atoms with Crippen LogP contribution >= 0.6 is 0 Å². The van der Waals surface area contributed by atoms with Crippen molar-refractivity contribution < 1.29 is 4.74 Å². The Morgan fingerprint density at radius 2 is 1.76 bits per heavy atom. The third-order valence-corrected chi connectivity index (χ3v) is 3.54. The van der Waals surface area contributed by atoms with E-state index in [-0.39, 0.29) is 6.10 Å². The van der Waals surface area contributed by atoms with Crippen molar-refractivity contribution in [2.24, 2.45) is 0 Å². The number of benzene rings is 1. The molecule has 0 aliphatic rings. The molecule has 2 N–H and O–H groups in total. The van der Waals surface area contributed by atoms with Crippen molar-refractivity contribution in [1.29, 1.82) is 0 Å². The molecule has 0 spiro atoms. The summed E-state index contributed by atoms with van der Waals surface area (Å²) in [5.74, 6) is 1.72. The molecule has 0 bridgehead atoms. The van der Waals surface area contributed by atoms with E-state index in [0.717, 1.165) is 11.4 Å². The van der Waals surface area contributed by atoms with Crippen LogP contribution in [-0.4, -0.2) is 21.1 Å².